The molecule has 1 aromatic carbocycles. The second-order valence-electron chi connectivity index (χ2n) is 4.02. The lowest BCUT2D eigenvalue weighted by Crippen LogP contribution is -2.27. The van der Waals surface area contributed by atoms with E-state index in [0.29, 0.717) is 5.92 Å². The van der Waals surface area contributed by atoms with Gasteiger partial charge >= 0.3 is 0 Å². The van der Waals surface area contributed by atoms with Crippen molar-refractivity contribution < 1.29 is 0 Å². The smallest absolute Gasteiger partial charge is 0.0247 e. The molecule has 0 bridgehead atoms. The Bertz CT molecular complexity index is 292. The molecule has 14 heavy (non-hydrogen) atoms. The molecular formula is C12H18N2. The third kappa shape index (κ3) is 1.81. The lowest BCUT2D eigenvalue weighted by molar-refractivity contribution is 0.653. The van der Waals surface area contributed by atoms with Gasteiger partial charge in [-0.25, -0.2) is 0 Å². The summed E-state index contributed by atoms with van der Waals surface area (Å²) >= 11 is 0. The van der Waals surface area contributed by atoms with E-state index >= 15 is 0 Å². The average Bonchev–Trinajstić information content (AvgIpc) is 2.65. The van der Waals surface area contributed by atoms with E-state index < -0.39 is 0 Å². The van der Waals surface area contributed by atoms with Crippen LogP contribution in [0.2, 0.25) is 0 Å². The third-order valence-electron chi connectivity index (χ3n) is 3.08. The maximum Gasteiger partial charge on any atom is 0.0247 e. The molecule has 1 fully saturated rings. The molecule has 2 atom stereocenters. The molecule has 3 N–H and O–H groups in total. The van der Waals surface area contributed by atoms with Crippen molar-refractivity contribution in [2.45, 2.75) is 25.3 Å². The first-order valence-corrected chi connectivity index (χ1v) is 5.36. The second-order valence-corrected chi connectivity index (χ2v) is 4.02. The number of benzene rings is 1. The zero-order chi connectivity index (χ0) is 9.97. The van der Waals surface area contributed by atoms with Crippen LogP contribution in [0.3, 0.4) is 0 Å². The monoisotopic (exact) mass is 190 g/mol. The topological polar surface area (TPSA) is 38.0 Å². The lowest BCUT2D eigenvalue weighted by atomic mass is 9.94. The Morgan fingerprint density at radius 1 is 1.29 bits per heavy atom. The van der Waals surface area contributed by atoms with Crippen LogP contribution < -0.4 is 11.1 Å². The van der Waals surface area contributed by atoms with Crippen LogP contribution in [0.1, 0.15) is 24.0 Å². The van der Waals surface area contributed by atoms with Gasteiger partial charge in [0.2, 0.25) is 0 Å². The molecule has 1 aliphatic heterocycles. The van der Waals surface area contributed by atoms with Crippen LogP contribution >= 0.6 is 0 Å². The molecule has 0 aliphatic carbocycles. The normalized spacial score (nSPS) is 26.7. The molecule has 1 aromatic rings. The van der Waals surface area contributed by atoms with Crippen molar-refractivity contribution in [2.75, 3.05) is 13.1 Å². The van der Waals surface area contributed by atoms with Gasteiger partial charge in [-0.2, -0.15) is 0 Å². The number of aryl methyl sites for hydroxylation is 1. The van der Waals surface area contributed by atoms with Crippen LogP contribution in [-0.4, -0.2) is 19.1 Å². The van der Waals surface area contributed by atoms with Crippen LogP contribution in [0.25, 0.3) is 0 Å². The fourth-order valence-electron chi connectivity index (χ4n) is 2.06. The Morgan fingerprint density at radius 3 is 2.50 bits per heavy atom. The number of nitrogens with one attached hydrogen (secondary N) is 1. The van der Waals surface area contributed by atoms with E-state index in [-0.39, 0.29) is 6.04 Å². The summed E-state index contributed by atoms with van der Waals surface area (Å²) in [6, 6.07) is 9.13. The van der Waals surface area contributed by atoms with Crippen molar-refractivity contribution in [1.82, 2.24) is 5.32 Å². The van der Waals surface area contributed by atoms with Crippen LogP contribution in [0.4, 0.5) is 0 Å². The van der Waals surface area contributed by atoms with E-state index in [1.807, 2.05) is 0 Å². The first-order valence-electron chi connectivity index (χ1n) is 5.36. The Balaban J connectivity index is 2.16. The summed E-state index contributed by atoms with van der Waals surface area (Å²) in [7, 11) is 0. The minimum absolute atomic E-state index is 0.280. The fraction of sp³-hybridized carbons (Fsp3) is 0.500. The molecule has 2 heteroatoms. The van der Waals surface area contributed by atoms with E-state index in [4.69, 9.17) is 5.73 Å². The summed E-state index contributed by atoms with van der Waals surface area (Å²) in [5.41, 5.74) is 8.79. The van der Waals surface area contributed by atoms with Crippen molar-refractivity contribution in [3.8, 4) is 0 Å². The number of hydrogen-bond donors (Lipinski definition) is 2. The Morgan fingerprint density at radius 2 is 2.00 bits per heavy atom. The van der Waals surface area contributed by atoms with Gasteiger partial charge in [0.15, 0.2) is 0 Å². The zero-order valence-corrected chi connectivity index (χ0v) is 8.66. The van der Waals surface area contributed by atoms with E-state index in [1.165, 1.54) is 11.1 Å². The lowest BCUT2D eigenvalue weighted by Gasteiger charge is -2.14. The molecule has 0 aromatic heterocycles. The molecule has 0 radical (unpaired) electrons. The first kappa shape index (κ1) is 9.69. The summed E-state index contributed by atoms with van der Waals surface area (Å²) in [6.45, 7) is 4.14. The van der Waals surface area contributed by atoms with Crippen LogP contribution in [0.5, 0.6) is 0 Å². The highest BCUT2D eigenvalue weighted by atomic mass is 15.0. The summed E-state index contributed by atoms with van der Waals surface area (Å²) in [5.74, 6) is 0.501. The minimum Gasteiger partial charge on any atom is -0.326 e. The molecular weight excluding hydrogens is 172 g/mol. The Hall–Kier alpha value is -0.860. The van der Waals surface area contributed by atoms with Gasteiger partial charge in [-0.15, -0.1) is 0 Å². The predicted molar refractivity (Wildman–Crippen MR) is 59.4 cm³/mol. The summed E-state index contributed by atoms with van der Waals surface area (Å²) < 4.78 is 0. The van der Waals surface area contributed by atoms with Crippen molar-refractivity contribution in [3.63, 3.8) is 0 Å². The summed E-state index contributed by atoms with van der Waals surface area (Å²) in [5, 5.41) is 3.32. The average molecular weight is 190 g/mol. The molecule has 0 saturated carbocycles. The van der Waals surface area contributed by atoms with E-state index in [0.717, 1.165) is 19.5 Å². The molecule has 76 valence electrons. The summed E-state index contributed by atoms with van der Waals surface area (Å²) in [4.78, 5) is 0. The van der Waals surface area contributed by atoms with Crippen molar-refractivity contribution in [2.24, 2.45) is 5.73 Å². The van der Waals surface area contributed by atoms with Gasteiger partial charge in [-0.3, -0.25) is 0 Å². The maximum atomic E-state index is 6.02. The Labute approximate surface area is 85.5 Å². The number of rotatable bonds is 2. The quantitative estimate of drug-likeness (QED) is 0.737. The van der Waals surface area contributed by atoms with Gasteiger partial charge in [-0.05, 0) is 17.5 Å². The molecule has 1 aliphatic rings. The van der Waals surface area contributed by atoms with Gasteiger partial charge in [-0.1, -0.05) is 31.2 Å². The first-order chi connectivity index (χ1) is 6.81. The molecule has 1 heterocycles. The van der Waals surface area contributed by atoms with Crippen molar-refractivity contribution in [3.05, 3.63) is 35.4 Å². The molecule has 1 saturated heterocycles. The highest BCUT2D eigenvalue weighted by Crippen LogP contribution is 2.21. The third-order valence-corrected chi connectivity index (χ3v) is 3.08. The zero-order valence-electron chi connectivity index (χ0n) is 8.66. The van der Waals surface area contributed by atoms with Crippen LogP contribution in [0.15, 0.2) is 24.3 Å². The maximum absolute atomic E-state index is 6.02. The van der Waals surface area contributed by atoms with Gasteiger partial charge in [0.25, 0.3) is 0 Å². The minimum atomic E-state index is 0.280. The van der Waals surface area contributed by atoms with Gasteiger partial charge in [0.1, 0.15) is 0 Å². The van der Waals surface area contributed by atoms with Gasteiger partial charge in [0, 0.05) is 25.0 Å². The van der Waals surface area contributed by atoms with E-state index in [9.17, 15) is 0 Å². The summed E-state index contributed by atoms with van der Waals surface area (Å²) in [6.07, 6.45) is 1.11. The predicted octanol–water partition coefficient (Wildman–Crippen LogP) is 1.26. The molecule has 2 nitrogen and oxygen atoms in total. The van der Waals surface area contributed by atoms with Gasteiger partial charge in [0.05, 0.1) is 0 Å². The number of nitrogens with two attached hydrogens (primary N) is 1. The molecule has 0 amide bonds. The standard InChI is InChI=1S/C12H18N2/c1-2-9-3-5-10(6-4-9)11-7-14-8-12(11)13/h3-6,11-12,14H,2,7-8,13H2,1H3. The fourth-order valence-corrected chi connectivity index (χ4v) is 2.06. The molecule has 0 spiro atoms. The van der Waals surface area contributed by atoms with Gasteiger partial charge < -0.3 is 11.1 Å². The Kier molecular flexibility index (Phi) is 2.85. The number of hydrogen-bond acceptors (Lipinski definition) is 2. The highest BCUT2D eigenvalue weighted by molar-refractivity contribution is 5.27. The van der Waals surface area contributed by atoms with Crippen molar-refractivity contribution >= 4 is 0 Å². The molecule has 2 rings (SSSR count). The van der Waals surface area contributed by atoms with Crippen LogP contribution in [-0.2, 0) is 6.42 Å². The van der Waals surface area contributed by atoms with E-state index in [2.05, 4.69) is 36.5 Å². The van der Waals surface area contributed by atoms with Crippen LogP contribution in [0, 0.1) is 0 Å². The highest BCUT2D eigenvalue weighted by Gasteiger charge is 2.24. The largest absolute Gasteiger partial charge is 0.326 e. The van der Waals surface area contributed by atoms with Crippen molar-refractivity contribution in [1.29, 1.82) is 0 Å². The SMILES string of the molecule is CCc1ccc(C2CNCC2N)cc1. The second kappa shape index (κ2) is 4.11. The molecule has 2 unspecified atom stereocenters. The van der Waals surface area contributed by atoms with E-state index in [1.54, 1.807) is 0 Å².